The van der Waals surface area contributed by atoms with Gasteiger partial charge >= 0.3 is 0 Å². The summed E-state index contributed by atoms with van der Waals surface area (Å²) in [7, 11) is 2.01. The molecule has 1 aliphatic heterocycles. The summed E-state index contributed by atoms with van der Waals surface area (Å²) >= 11 is 0. The van der Waals surface area contributed by atoms with Crippen molar-refractivity contribution in [3.05, 3.63) is 11.6 Å². The number of nitrogens with one attached hydrogen (secondary N) is 1. The highest BCUT2D eigenvalue weighted by molar-refractivity contribution is 5.13. The molecule has 82 valence electrons. The zero-order valence-electron chi connectivity index (χ0n) is 9.45. The maximum absolute atomic E-state index is 4.71. The van der Waals surface area contributed by atoms with Crippen LogP contribution >= 0.6 is 0 Å². The number of aryl methyl sites for hydroxylation is 1. The first-order valence-corrected chi connectivity index (χ1v) is 5.85. The van der Waals surface area contributed by atoms with Gasteiger partial charge in [0.15, 0.2) is 5.82 Å². The average Bonchev–Trinajstić information content (AvgIpc) is 2.85. The fraction of sp³-hybridized carbons (Fsp3) is 0.818. The van der Waals surface area contributed by atoms with E-state index in [9.17, 15) is 0 Å². The third kappa shape index (κ3) is 1.47. The molecule has 1 aliphatic carbocycles. The molecule has 1 saturated carbocycles. The van der Waals surface area contributed by atoms with E-state index in [1.807, 2.05) is 11.7 Å². The molecule has 15 heavy (non-hydrogen) atoms. The van der Waals surface area contributed by atoms with Gasteiger partial charge in [0, 0.05) is 13.0 Å². The Hall–Kier alpha value is -0.900. The molecule has 0 aromatic carbocycles. The summed E-state index contributed by atoms with van der Waals surface area (Å²) in [4.78, 5) is 4.71. The van der Waals surface area contributed by atoms with E-state index >= 15 is 0 Å². The lowest BCUT2D eigenvalue weighted by Crippen LogP contribution is -2.36. The van der Waals surface area contributed by atoms with Gasteiger partial charge in [-0.2, -0.15) is 5.10 Å². The summed E-state index contributed by atoms with van der Waals surface area (Å²) in [5.74, 6) is 2.82. The van der Waals surface area contributed by atoms with Gasteiger partial charge in [0.1, 0.15) is 5.82 Å². The van der Waals surface area contributed by atoms with E-state index in [-0.39, 0.29) is 5.54 Å². The van der Waals surface area contributed by atoms with Crippen LogP contribution in [0.3, 0.4) is 0 Å². The molecule has 4 nitrogen and oxygen atoms in total. The third-order valence-electron chi connectivity index (χ3n) is 3.58. The molecule has 3 rings (SSSR count). The molecule has 0 amide bonds. The van der Waals surface area contributed by atoms with E-state index in [4.69, 9.17) is 4.98 Å². The first-order valence-electron chi connectivity index (χ1n) is 5.85. The SMILES string of the molecule is Cn1nc(C2CC2)nc1C1(C)CCCN1. The Labute approximate surface area is 90.1 Å². The van der Waals surface area contributed by atoms with Crippen LogP contribution in [0.4, 0.5) is 0 Å². The molecule has 0 bridgehead atoms. The first kappa shape index (κ1) is 9.33. The van der Waals surface area contributed by atoms with Crippen molar-refractivity contribution >= 4 is 0 Å². The Bertz CT molecular complexity index is 372. The Balaban J connectivity index is 1.95. The van der Waals surface area contributed by atoms with Crippen molar-refractivity contribution in [1.29, 1.82) is 0 Å². The molecule has 1 unspecified atom stereocenters. The van der Waals surface area contributed by atoms with Crippen LogP contribution in [0, 0.1) is 0 Å². The van der Waals surface area contributed by atoms with E-state index in [0.29, 0.717) is 5.92 Å². The molecule has 1 aromatic rings. The smallest absolute Gasteiger partial charge is 0.154 e. The van der Waals surface area contributed by atoms with Gasteiger partial charge in [-0.05, 0) is 39.2 Å². The summed E-state index contributed by atoms with van der Waals surface area (Å²) in [6, 6.07) is 0. The van der Waals surface area contributed by atoms with E-state index in [0.717, 1.165) is 18.2 Å². The predicted molar refractivity (Wildman–Crippen MR) is 57.6 cm³/mol. The number of hydrogen-bond donors (Lipinski definition) is 1. The van der Waals surface area contributed by atoms with Gasteiger partial charge in [0.2, 0.25) is 0 Å². The number of hydrogen-bond acceptors (Lipinski definition) is 3. The van der Waals surface area contributed by atoms with Crippen molar-refractivity contribution in [2.45, 2.75) is 44.1 Å². The number of rotatable bonds is 2. The highest BCUT2D eigenvalue weighted by Gasteiger charge is 2.37. The lowest BCUT2D eigenvalue weighted by molar-refractivity contribution is 0.388. The standard InChI is InChI=1S/C11H18N4/c1-11(6-3-7-12-11)10-13-9(8-4-5-8)14-15(10)2/h8,12H,3-7H2,1-2H3. The van der Waals surface area contributed by atoms with E-state index in [1.165, 1.54) is 25.7 Å². The summed E-state index contributed by atoms with van der Waals surface area (Å²) in [5, 5.41) is 8.07. The van der Waals surface area contributed by atoms with Crippen LogP contribution in [0.2, 0.25) is 0 Å². The van der Waals surface area contributed by atoms with Crippen LogP contribution in [0.25, 0.3) is 0 Å². The van der Waals surface area contributed by atoms with Crippen LogP contribution < -0.4 is 5.32 Å². The maximum Gasteiger partial charge on any atom is 0.154 e. The van der Waals surface area contributed by atoms with Gasteiger partial charge in [-0.3, -0.25) is 4.68 Å². The molecule has 1 saturated heterocycles. The van der Waals surface area contributed by atoms with Crippen LogP contribution in [0.5, 0.6) is 0 Å². The van der Waals surface area contributed by atoms with Crippen LogP contribution in [0.15, 0.2) is 0 Å². The molecular formula is C11H18N4. The van der Waals surface area contributed by atoms with Gasteiger partial charge in [0.25, 0.3) is 0 Å². The molecule has 4 heteroatoms. The second-order valence-corrected chi connectivity index (χ2v) is 5.05. The zero-order valence-corrected chi connectivity index (χ0v) is 9.45. The van der Waals surface area contributed by atoms with Crippen molar-refractivity contribution in [1.82, 2.24) is 20.1 Å². The average molecular weight is 206 g/mol. The molecule has 0 spiro atoms. The highest BCUT2D eigenvalue weighted by atomic mass is 15.4. The quantitative estimate of drug-likeness (QED) is 0.793. The van der Waals surface area contributed by atoms with E-state index in [2.05, 4.69) is 17.3 Å². The van der Waals surface area contributed by atoms with Gasteiger partial charge < -0.3 is 5.32 Å². The largest absolute Gasteiger partial charge is 0.305 e. The summed E-state index contributed by atoms with van der Waals surface area (Å²) in [6.07, 6.45) is 4.95. The Morgan fingerprint density at radius 3 is 2.87 bits per heavy atom. The predicted octanol–water partition coefficient (Wildman–Crippen LogP) is 1.29. The lowest BCUT2D eigenvalue weighted by atomic mass is 9.99. The van der Waals surface area contributed by atoms with Crippen molar-refractivity contribution in [2.75, 3.05) is 6.54 Å². The molecule has 2 aliphatic rings. The van der Waals surface area contributed by atoms with Gasteiger partial charge in [-0.25, -0.2) is 4.98 Å². The maximum atomic E-state index is 4.71. The number of aromatic nitrogens is 3. The summed E-state index contributed by atoms with van der Waals surface area (Å²) in [6.45, 7) is 3.34. The van der Waals surface area contributed by atoms with Crippen molar-refractivity contribution < 1.29 is 0 Å². The second kappa shape index (κ2) is 3.04. The minimum Gasteiger partial charge on any atom is -0.305 e. The fourth-order valence-electron chi connectivity index (χ4n) is 2.48. The minimum atomic E-state index is 0.0505. The molecule has 1 N–H and O–H groups in total. The van der Waals surface area contributed by atoms with Crippen LogP contribution in [-0.2, 0) is 12.6 Å². The van der Waals surface area contributed by atoms with Gasteiger partial charge in [-0.15, -0.1) is 0 Å². The van der Waals surface area contributed by atoms with Crippen molar-refractivity contribution in [3.63, 3.8) is 0 Å². The first-order chi connectivity index (χ1) is 7.19. The lowest BCUT2D eigenvalue weighted by Gasteiger charge is -2.22. The summed E-state index contributed by atoms with van der Waals surface area (Å²) in [5.41, 5.74) is 0.0505. The highest BCUT2D eigenvalue weighted by Crippen LogP contribution is 2.39. The van der Waals surface area contributed by atoms with Gasteiger partial charge in [-0.1, -0.05) is 0 Å². The molecule has 2 heterocycles. The monoisotopic (exact) mass is 206 g/mol. The Kier molecular flexibility index (Phi) is 1.89. The molecule has 1 aromatic heterocycles. The Morgan fingerprint density at radius 2 is 2.27 bits per heavy atom. The molecule has 1 atom stereocenters. The normalized spacial score (nSPS) is 31.1. The molecule has 0 radical (unpaired) electrons. The third-order valence-corrected chi connectivity index (χ3v) is 3.58. The minimum absolute atomic E-state index is 0.0505. The Morgan fingerprint density at radius 1 is 1.47 bits per heavy atom. The summed E-state index contributed by atoms with van der Waals surface area (Å²) < 4.78 is 1.96. The van der Waals surface area contributed by atoms with Crippen LogP contribution in [0.1, 0.15) is 50.2 Å². The van der Waals surface area contributed by atoms with Crippen LogP contribution in [-0.4, -0.2) is 21.3 Å². The van der Waals surface area contributed by atoms with Gasteiger partial charge in [0.05, 0.1) is 5.54 Å². The fourth-order valence-corrected chi connectivity index (χ4v) is 2.48. The van der Waals surface area contributed by atoms with Crippen molar-refractivity contribution in [2.24, 2.45) is 7.05 Å². The second-order valence-electron chi connectivity index (χ2n) is 5.05. The molecule has 2 fully saturated rings. The van der Waals surface area contributed by atoms with E-state index < -0.39 is 0 Å². The zero-order chi connectivity index (χ0) is 10.5. The number of nitrogens with zero attached hydrogens (tertiary/aromatic N) is 3. The van der Waals surface area contributed by atoms with E-state index in [1.54, 1.807) is 0 Å². The molecular weight excluding hydrogens is 188 g/mol. The van der Waals surface area contributed by atoms with Crippen molar-refractivity contribution in [3.8, 4) is 0 Å². The topological polar surface area (TPSA) is 42.7 Å².